The van der Waals surface area contributed by atoms with Crippen LogP contribution in [-0.2, 0) is 16.9 Å². The maximum atomic E-state index is 12.2. The van der Waals surface area contributed by atoms with E-state index in [1.807, 2.05) is 31.3 Å². The number of benzene rings is 1. The molecule has 12 heteroatoms. The zero-order valence-corrected chi connectivity index (χ0v) is 22.7. The molecule has 1 saturated heterocycles. The minimum atomic E-state index is -1.53. The predicted octanol–water partition coefficient (Wildman–Crippen LogP) is 2.99. The topological polar surface area (TPSA) is 146 Å². The number of anilines is 1. The van der Waals surface area contributed by atoms with Crippen LogP contribution in [0.15, 0.2) is 42.9 Å². The van der Waals surface area contributed by atoms with E-state index in [0.717, 1.165) is 59.9 Å². The molecule has 0 aliphatic carbocycles. The Morgan fingerprint density at radius 1 is 1.15 bits per heavy atom. The van der Waals surface area contributed by atoms with Crippen LogP contribution in [-0.4, -0.2) is 80.5 Å². The van der Waals surface area contributed by atoms with Gasteiger partial charge in [-0.1, -0.05) is 11.3 Å². The van der Waals surface area contributed by atoms with Crippen molar-refractivity contribution >= 4 is 32.7 Å². The van der Waals surface area contributed by atoms with Crippen molar-refractivity contribution in [2.45, 2.75) is 26.0 Å². The van der Waals surface area contributed by atoms with Crippen molar-refractivity contribution < 1.29 is 19.7 Å². The molecule has 1 fully saturated rings. The molecule has 0 radical (unpaired) electrons. The van der Waals surface area contributed by atoms with E-state index in [0.29, 0.717) is 22.8 Å². The number of fused-ring (bicyclic) bond motifs is 1. The molecular formula is C27H31N7O4S. The van der Waals surface area contributed by atoms with E-state index in [4.69, 9.17) is 4.74 Å². The molecule has 0 bridgehead atoms. The van der Waals surface area contributed by atoms with Gasteiger partial charge in [0.05, 0.1) is 35.7 Å². The van der Waals surface area contributed by atoms with Gasteiger partial charge in [-0.15, -0.1) is 0 Å². The Hall–Kier alpha value is -3.55. The van der Waals surface area contributed by atoms with Crippen LogP contribution < -0.4 is 10.6 Å². The highest BCUT2D eigenvalue weighted by Gasteiger charge is 2.25. The number of rotatable bonds is 8. The highest BCUT2D eigenvalue weighted by Crippen LogP contribution is 2.38. The summed E-state index contributed by atoms with van der Waals surface area (Å²) in [6, 6.07) is 7.72. The fourth-order valence-corrected chi connectivity index (χ4v) is 5.27. The molecule has 1 atom stereocenters. The fourth-order valence-electron chi connectivity index (χ4n) is 4.31. The number of thiazole rings is 1. The largest absolute Gasteiger partial charge is 0.393 e. The first kappa shape index (κ1) is 27.0. The lowest BCUT2D eigenvalue weighted by Crippen LogP contribution is -2.35. The minimum Gasteiger partial charge on any atom is -0.393 e. The Balaban J connectivity index is 1.56. The number of aliphatic hydroxyl groups excluding tert-OH is 1. The van der Waals surface area contributed by atoms with Gasteiger partial charge in [-0.05, 0) is 49.2 Å². The third kappa shape index (κ3) is 6.21. The summed E-state index contributed by atoms with van der Waals surface area (Å²) in [5.74, 6) is 0.134. The molecule has 39 heavy (non-hydrogen) atoms. The molecule has 4 heterocycles. The molecular weight excluding hydrogens is 518 g/mol. The average Bonchev–Trinajstić information content (AvgIpc) is 3.35. The van der Waals surface area contributed by atoms with Gasteiger partial charge in [0.15, 0.2) is 11.0 Å². The SMILES string of the molecule is CCNC(=O)Nc1nc2cc(-c3cnc(C(C)(O)CO)nc3)cc(-c3cc(CN4CCOCC4)ccn3)c2s1. The first-order chi connectivity index (χ1) is 18.9. The van der Waals surface area contributed by atoms with Gasteiger partial charge in [0.1, 0.15) is 5.60 Å². The maximum Gasteiger partial charge on any atom is 0.321 e. The fraction of sp³-hybridized carbons (Fsp3) is 0.370. The van der Waals surface area contributed by atoms with E-state index in [1.165, 1.54) is 18.3 Å². The molecule has 1 aliphatic heterocycles. The number of carbonyl (C=O) groups excluding carboxylic acids is 1. The summed E-state index contributed by atoms with van der Waals surface area (Å²) in [6.45, 7) is 7.37. The number of hydrogen-bond acceptors (Lipinski definition) is 10. The van der Waals surface area contributed by atoms with Crippen molar-refractivity contribution in [1.29, 1.82) is 0 Å². The van der Waals surface area contributed by atoms with Crippen LogP contribution >= 0.6 is 11.3 Å². The second-order valence-corrected chi connectivity index (χ2v) is 10.5. The normalized spacial score (nSPS) is 15.7. The Morgan fingerprint density at radius 3 is 2.64 bits per heavy atom. The van der Waals surface area contributed by atoms with Crippen molar-refractivity contribution in [3.63, 3.8) is 0 Å². The second-order valence-electron chi connectivity index (χ2n) is 9.54. The molecule has 1 aromatic carbocycles. The average molecular weight is 550 g/mol. The summed E-state index contributed by atoms with van der Waals surface area (Å²) in [5, 5.41) is 25.8. The number of nitrogens with one attached hydrogen (secondary N) is 2. The molecule has 4 N–H and O–H groups in total. The lowest BCUT2D eigenvalue weighted by Gasteiger charge is -2.26. The number of urea groups is 1. The number of ether oxygens (including phenoxy) is 1. The number of carbonyl (C=O) groups is 1. The van der Waals surface area contributed by atoms with Gasteiger partial charge in [0, 0.05) is 55.9 Å². The lowest BCUT2D eigenvalue weighted by atomic mass is 10.0. The molecule has 0 spiro atoms. The smallest absolute Gasteiger partial charge is 0.321 e. The van der Waals surface area contributed by atoms with Crippen LogP contribution in [0.4, 0.5) is 9.93 Å². The Labute approximate surface area is 229 Å². The van der Waals surface area contributed by atoms with Gasteiger partial charge in [-0.3, -0.25) is 15.2 Å². The monoisotopic (exact) mass is 549 g/mol. The van der Waals surface area contributed by atoms with Crippen LogP contribution in [0.3, 0.4) is 0 Å². The number of nitrogens with zero attached hydrogens (tertiary/aromatic N) is 5. The lowest BCUT2D eigenvalue weighted by molar-refractivity contribution is -0.00969. The van der Waals surface area contributed by atoms with Crippen LogP contribution in [0.2, 0.25) is 0 Å². The van der Waals surface area contributed by atoms with Gasteiger partial charge in [0.2, 0.25) is 0 Å². The van der Waals surface area contributed by atoms with Crippen molar-refractivity contribution in [3.8, 4) is 22.4 Å². The van der Waals surface area contributed by atoms with Crippen molar-refractivity contribution in [3.05, 3.63) is 54.2 Å². The van der Waals surface area contributed by atoms with E-state index in [2.05, 4.69) is 41.5 Å². The quantitative estimate of drug-likeness (QED) is 0.261. The van der Waals surface area contributed by atoms with Gasteiger partial charge >= 0.3 is 6.03 Å². The molecule has 3 aromatic heterocycles. The summed E-state index contributed by atoms with van der Waals surface area (Å²) in [5.41, 5.74) is 3.50. The maximum absolute atomic E-state index is 12.2. The van der Waals surface area contributed by atoms with Crippen LogP contribution in [0.25, 0.3) is 32.6 Å². The summed E-state index contributed by atoms with van der Waals surface area (Å²) >= 11 is 1.39. The van der Waals surface area contributed by atoms with Crippen LogP contribution in [0, 0.1) is 0 Å². The summed E-state index contributed by atoms with van der Waals surface area (Å²) in [7, 11) is 0. The van der Waals surface area contributed by atoms with Gasteiger partial charge in [-0.2, -0.15) is 0 Å². The van der Waals surface area contributed by atoms with Crippen LogP contribution in [0.1, 0.15) is 25.2 Å². The number of morpholine rings is 1. The van der Waals surface area contributed by atoms with Gasteiger partial charge < -0.3 is 20.3 Å². The third-order valence-corrected chi connectivity index (χ3v) is 7.45. The van der Waals surface area contributed by atoms with Gasteiger partial charge in [0.25, 0.3) is 0 Å². The summed E-state index contributed by atoms with van der Waals surface area (Å²) in [4.78, 5) is 32.5. The first-order valence-corrected chi connectivity index (χ1v) is 13.6. The number of aliphatic hydroxyl groups is 2. The van der Waals surface area contributed by atoms with E-state index in [1.54, 1.807) is 12.4 Å². The van der Waals surface area contributed by atoms with Gasteiger partial charge in [-0.25, -0.2) is 19.7 Å². The highest BCUT2D eigenvalue weighted by molar-refractivity contribution is 7.22. The molecule has 2 amide bonds. The van der Waals surface area contributed by atoms with Crippen molar-refractivity contribution in [1.82, 2.24) is 30.2 Å². The summed E-state index contributed by atoms with van der Waals surface area (Å²) in [6.07, 6.45) is 5.03. The van der Waals surface area contributed by atoms with E-state index < -0.39 is 12.2 Å². The number of aromatic nitrogens is 4. The highest BCUT2D eigenvalue weighted by atomic mass is 32.1. The minimum absolute atomic E-state index is 0.134. The molecule has 1 aliphatic rings. The number of amides is 2. The predicted molar refractivity (Wildman–Crippen MR) is 149 cm³/mol. The Bertz CT molecular complexity index is 1450. The molecule has 0 saturated carbocycles. The Kier molecular flexibility index (Phi) is 8.10. The molecule has 4 aromatic rings. The van der Waals surface area contributed by atoms with E-state index in [9.17, 15) is 15.0 Å². The zero-order chi connectivity index (χ0) is 27.4. The molecule has 204 valence electrons. The molecule has 5 rings (SSSR count). The molecule has 1 unspecified atom stereocenters. The number of pyridine rings is 1. The molecule has 11 nitrogen and oxygen atoms in total. The van der Waals surface area contributed by atoms with E-state index >= 15 is 0 Å². The number of hydrogen-bond donors (Lipinski definition) is 4. The van der Waals surface area contributed by atoms with E-state index in [-0.39, 0.29) is 11.9 Å². The standard InChI is InChI=1S/C27H31N7O4S/c1-3-28-25(36)33-26-32-22-12-18(19-13-30-24(31-14-19)27(2,37)16-35)11-20(23(22)39-26)21-10-17(4-5-29-21)15-34-6-8-38-9-7-34/h4-5,10-14,35,37H,3,6-9,15-16H2,1-2H3,(H2,28,32,33,36). The van der Waals surface area contributed by atoms with Crippen molar-refractivity contribution in [2.24, 2.45) is 0 Å². The Morgan fingerprint density at radius 2 is 1.92 bits per heavy atom. The van der Waals surface area contributed by atoms with Crippen LogP contribution in [0.5, 0.6) is 0 Å². The zero-order valence-electron chi connectivity index (χ0n) is 21.8. The third-order valence-electron chi connectivity index (χ3n) is 6.43. The second kappa shape index (κ2) is 11.7. The van der Waals surface area contributed by atoms with Crippen molar-refractivity contribution in [2.75, 3.05) is 44.8 Å². The first-order valence-electron chi connectivity index (χ1n) is 12.8. The summed E-state index contributed by atoms with van der Waals surface area (Å²) < 4.78 is 6.37.